The molecule has 3 heteroatoms. The van der Waals surface area contributed by atoms with Crippen LogP contribution < -0.4 is 0 Å². The third kappa shape index (κ3) is 2.48. The predicted molar refractivity (Wildman–Crippen MR) is 85.4 cm³/mol. The maximum absolute atomic E-state index is 11.9. The average Bonchev–Trinajstić information content (AvgIpc) is 2.88. The molecule has 1 aliphatic carbocycles. The first-order chi connectivity index (χ1) is 10.6. The lowest BCUT2D eigenvalue weighted by Gasteiger charge is -2.36. The minimum atomic E-state index is -0.169. The highest BCUT2D eigenvalue weighted by atomic mass is 16.5. The maximum atomic E-state index is 11.9. The standard InChI is InChI=1S/C19H24O3/c1-4-21-18(20)14(3)15-8-10-19(11-9-15)17-13(2)6-5-7-16(17)12-22-19/h5-7H,4,8-12H2,1-3H3. The van der Waals surface area contributed by atoms with Gasteiger partial charge in [0.05, 0.1) is 18.8 Å². The van der Waals surface area contributed by atoms with Crippen molar-refractivity contribution in [1.29, 1.82) is 0 Å². The van der Waals surface area contributed by atoms with E-state index < -0.39 is 0 Å². The van der Waals surface area contributed by atoms with Crippen molar-refractivity contribution in [2.45, 2.75) is 58.7 Å². The fourth-order valence-corrected chi connectivity index (χ4v) is 3.90. The number of esters is 1. The summed E-state index contributed by atoms with van der Waals surface area (Å²) in [4.78, 5) is 11.9. The molecule has 1 spiro atoms. The molecule has 3 rings (SSSR count). The van der Waals surface area contributed by atoms with E-state index in [4.69, 9.17) is 9.47 Å². The summed E-state index contributed by atoms with van der Waals surface area (Å²) >= 11 is 0. The first-order valence-electron chi connectivity index (χ1n) is 8.16. The van der Waals surface area contributed by atoms with Gasteiger partial charge in [-0.25, -0.2) is 4.79 Å². The number of ether oxygens (including phenoxy) is 2. The number of hydrogen-bond donors (Lipinski definition) is 0. The van der Waals surface area contributed by atoms with Gasteiger partial charge in [0, 0.05) is 5.57 Å². The van der Waals surface area contributed by atoms with Crippen molar-refractivity contribution < 1.29 is 14.3 Å². The Morgan fingerprint density at radius 2 is 2.05 bits per heavy atom. The van der Waals surface area contributed by atoms with Gasteiger partial charge in [-0.05, 0) is 63.1 Å². The van der Waals surface area contributed by atoms with Crippen LogP contribution >= 0.6 is 0 Å². The van der Waals surface area contributed by atoms with Gasteiger partial charge in [0.1, 0.15) is 0 Å². The van der Waals surface area contributed by atoms with Crippen LogP contribution in [0.2, 0.25) is 0 Å². The molecule has 0 atom stereocenters. The Morgan fingerprint density at radius 1 is 1.32 bits per heavy atom. The molecule has 0 N–H and O–H groups in total. The van der Waals surface area contributed by atoms with Crippen LogP contribution in [0, 0.1) is 6.92 Å². The monoisotopic (exact) mass is 300 g/mol. The minimum absolute atomic E-state index is 0.140. The summed E-state index contributed by atoms with van der Waals surface area (Å²) in [6.07, 6.45) is 3.74. The van der Waals surface area contributed by atoms with Gasteiger partial charge in [0.25, 0.3) is 0 Å². The number of benzene rings is 1. The van der Waals surface area contributed by atoms with Crippen molar-refractivity contribution in [3.63, 3.8) is 0 Å². The van der Waals surface area contributed by atoms with Gasteiger partial charge in [-0.1, -0.05) is 23.8 Å². The van der Waals surface area contributed by atoms with Crippen molar-refractivity contribution in [2.24, 2.45) is 0 Å². The van der Waals surface area contributed by atoms with Gasteiger partial charge in [0.2, 0.25) is 0 Å². The number of rotatable bonds is 2. The third-order valence-electron chi connectivity index (χ3n) is 5.09. The molecule has 0 saturated heterocycles. The lowest BCUT2D eigenvalue weighted by atomic mass is 9.75. The molecule has 1 aliphatic heterocycles. The normalized spacial score (nSPS) is 23.5. The molecule has 1 aromatic rings. The molecule has 1 fully saturated rings. The van der Waals surface area contributed by atoms with E-state index in [1.54, 1.807) is 0 Å². The fraction of sp³-hybridized carbons (Fsp3) is 0.526. The number of carbonyl (C=O) groups excluding carboxylic acids is 1. The molecule has 1 aromatic carbocycles. The summed E-state index contributed by atoms with van der Waals surface area (Å²) in [6, 6.07) is 6.45. The van der Waals surface area contributed by atoms with E-state index in [9.17, 15) is 4.79 Å². The van der Waals surface area contributed by atoms with E-state index >= 15 is 0 Å². The van der Waals surface area contributed by atoms with E-state index in [1.165, 1.54) is 22.3 Å². The lowest BCUT2D eigenvalue weighted by Crippen LogP contribution is -2.30. The molecule has 0 amide bonds. The Morgan fingerprint density at radius 3 is 2.73 bits per heavy atom. The number of carbonyl (C=O) groups is 1. The van der Waals surface area contributed by atoms with Gasteiger partial charge < -0.3 is 9.47 Å². The second-order valence-corrected chi connectivity index (χ2v) is 6.34. The Labute approximate surface area is 132 Å². The van der Waals surface area contributed by atoms with Crippen molar-refractivity contribution in [3.8, 4) is 0 Å². The summed E-state index contributed by atoms with van der Waals surface area (Å²) in [5, 5.41) is 0. The average molecular weight is 300 g/mol. The highest BCUT2D eigenvalue weighted by Gasteiger charge is 2.43. The molecule has 0 bridgehead atoms. The maximum Gasteiger partial charge on any atom is 0.333 e. The van der Waals surface area contributed by atoms with Crippen molar-refractivity contribution in [2.75, 3.05) is 6.61 Å². The second kappa shape index (κ2) is 5.88. The van der Waals surface area contributed by atoms with Crippen LogP contribution in [0.3, 0.4) is 0 Å². The zero-order valence-corrected chi connectivity index (χ0v) is 13.7. The highest BCUT2D eigenvalue weighted by Crippen LogP contribution is 2.49. The van der Waals surface area contributed by atoms with E-state index in [0.717, 1.165) is 31.3 Å². The number of allylic oxidation sites excluding steroid dienone is 1. The van der Waals surface area contributed by atoms with E-state index in [2.05, 4.69) is 25.1 Å². The van der Waals surface area contributed by atoms with E-state index in [-0.39, 0.29) is 11.6 Å². The summed E-state index contributed by atoms with van der Waals surface area (Å²) in [5.41, 5.74) is 5.93. The molecular formula is C19H24O3. The van der Waals surface area contributed by atoms with Gasteiger partial charge in [-0.2, -0.15) is 0 Å². The van der Waals surface area contributed by atoms with E-state index in [0.29, 0.717) is 13.2 Å². The summed E-state index contributed by atoms with van der Waals surface area (Å²) in [5.74, 6) is -0.169. The SMILES string of the molecule is CCOC(=O)C(C)=C1CCC2(CC1)OCc1cccc(C)c12. The third-order valence-corrected chi connectivity index (χ3v) is 5.09. The summed E-state index contributed by atoms with van der Waals surface area (Å²) in [6.45, 7) is 7.05. The molecule has 22 heavy (non-hydrogen) atoms. The second-order valence-electron chi connectivity index (χ2n) is 6.34. The number of fused-ring (bicyclic) bond motifs is 2. The topological polar surface area (TPSA) is 35.5 Å². The smallest absolute Gasteiger partial charge is 0.333 e. The largest absolute Gasteiger partial charge is 0.463 e. The molecule has 0 aromatic heterocycles. The van der Waals surface area contributed by atoms with Crippen LogP contribution in [0.5, 0.6) is 0 Å². The molecule has 1 saturated carbocycles. The van der Waals surface area contributed by atoms with Gasteiger partial charge in [-0.15, -0.1) is 0 Å². The first-order valence-corrected chi connectivity index (χ1v) is 8.16. The molecule has 0 radical (unpaired) electrons. The van der Waals surface area contributed by atoms with E-state index in [1.807, 2.05) is 13.8 Å². The quantitative estimate of drug-likeness (QED) is 0.607. The van der Waals surface area contributed by atoms with Crippen molar-refractivity contribution >= 4 is 5.97 Å². The summed E-state index contributed by atoms with van der Waals surface area (Å²) in [7, 11) is 0. The fourth-order valence-electron chi connectivity index (χ4n) is 3.90. The van der Waals surface area contributed by atoms with Gasteiger partial charge >= 0.3 is 5.97 Å². The Kier molecular flexibility index (Phi) is 4.09. The molecule has 1 heterocycles. The molecular weight excluding hydrogens is 276 g/mol. The number of aryl methyl sites for hydroxylation is 1. The minimum Gasteiger partial charge on any atom is -0.463 e. The zero-order valence-electron chi connectivity index (χ0n) is 13.7. The van der Waals surface area contributed by atoms with Gasteiger partial charge in [0.15, 0.2) is 0 Å². The Hall–Kier alpha value is -1.61. The molecule has 3 nitrogen and oxygen atoms in total. The molecule has 0 unspecified atom stereocenters. The Bertz CT molecular complexity index is 618. The van der Waals surface area contributed by atoms with Crippen molar-refractivity contribution in [3.05, 3.63) is 46.0 Å². The van der Waals surface area contributed by atoms with Crippen LogP contribution in [0.15, 0.2) is 29.3 Å². The van der Waals surface area contributed by atoms with Crippen LogP contribution in [0.25, 0.3) is 0 Å². The Balaban J connectivity index is 1.82. The molecule has 118 valence electrons. The van der Waals surface area contributed by atoms with Crippen LogP contribution in [0.1, 0.15) is 56.2 Å². The lowest BCUT2D eigenvalue weighted by molar-refractivity contribution is -0.138. The van der Waals surface area contributed by atoms with Crippen LogP contribution in [-0.4, -0.2) is 12.6 Å². The highest BCUT2D eigenvalue weighted by molar-refractivity contribution is 5.88. The first kappa shape index (κ1) is 15.3. The van der Waals surface area contributed by atoms with Gasteiger partial charge in [-0.3, -0.25) is 0 Å². The zero-order chi connectivity index (χ0) is 15.7. The predicted octanol–water partition coefficient (Wildman–Crippen LogP) is 4.17. The van der Waals surface area contributed by atoms with Crippen molar-refractivity contribution in [1.82, 2.24) is 0 Å². The van der Waals surface area contributed by atoms with Crippen LogP contribution in [-0.2, 0) is 26.5 Å². The summed E-state index contributed by atoms with van der Waals surface area (Å²) < 4.78 is 11.4. The number of hydrogen-bond acceptors (Lipinski definition) is 3. The van der Waals surface area contributed by atoms with Crippen LogP contribution in [0.4, 0.5) is 0 Å². The molecule has 2 aliphatic rings.